The normalized spacial score (nSPS) is 11.1. The van der Waals surface area contributed by atoms with E-state index in [1.54, 1.807) is 12.1 Å². The van der Waals surface area contributed by atoms with E-state index in [0.717, 1.165) is 17.7 Å². The Morgan fingerprint density at radius 2 is 1.68 bits per heavy atom. The van der Waals surface area contributed by atoms with Crippen LogP contribution in [0.1, 0.15) is 11.1 Å². The Balaban J connectivity index is 2.07. The molecule has 0 aromatic heterocycles. The molecule has 0 unspecified atom stereocenters. The van der Waals surface area contributed by atoms with Gasteiger partial charge in [-0.3, -0.25) is 0 Å². The Morgan fingerprint density at radius 1 is 1.05 bits per heavy atom. The first-order valence-corrected chi connectivity index (χ1v) is 6.78. The molecule has 0 heterocycles. The number of nitrogens with one attached hydrogen (secondary N) is 2. The molecular weight excluding hydrogens is 311 g/mol. The molecular formula is C15H14F3N3S. The molecule has 2 rings (SSSR count). The molecule has 2 aromatic carbocycles. The van der Waals surface area contributed by atoms with Crippen molar-refractivity contribution < 1.29 is 13.2 Å². The zero-order valence-electron chi connectivity index (χ0n) is 11.7. The standard InChI is InChI=1S/C15H14F3N3S/c1-9-5-6-12(8-13(9)19)21-14(22)20-11-4-2-3-10(7-11)15(16,17)18/h2-8H,19H2,1H3,(H2,20,21,22). The highest BCUT2D eigenvalue weighted by Crippen LogP contribution is 2.30. The zero-order chi connectivity index (χ0) is 16.3. The van der Waals surface area contributed by atoms with Crippen LogP contribution in [0.2, 0.25) is 0 Å². The summed E-state index contributed by atoms with van der Waals surface area (Å²) in [4.78, 5) is 0. The van der Waals surface area contributed by atoms with E-state index in [0.29, 0.717) is 11.4 Å². The molecule has 0 saturated heterocycles. The van der Waals surface area contributed by atoms with Gasteiger partial charge < -0.3 is 16.4 Å². The predicted octanol–water partition coefficient (Wildman–Crippen LogP) is 4.40. The minimum atomic E-state index is -4.39. The van der Waals surface area contributed by atoms with Crippen molar-refractivity contribution in [2.75, 3.05) is 16.4 Å². The van der Waals surface area contributed by atoms with Crippen LogP contribution in [0.25, 0.3) is 0 Å². The number of benzene rings is 2. The van der Waals surface area contributed by atoms with Crippen molar-refractivity contribution in [3.05, 3.63) is 53.6 Å². The summed E-state index contributed by atoms with van der Waals surface area (Å²) in [6, 6.07) is 10.1. The third kappa shape index (κ3) is 4.11. The molecule has 0 fully saturated rings. The first-order chi connectivity index (χ1) is 10.3. The Bertz CT molecular complexity index is 699. The maximum atomic E-state index is 12.6. The fourth-order valence-electron chi connectivity index (χ4n) is 1.78. The molecule has 0 aliphatic rings. The lowest BCUT2D eigenvalue weighted by Crippen LogP contribution is -2.19. The predicted molar refractivity (Wildman–Crippen MR) is 86.9 cm³/mol. The van der Waals surface area contributed by atoms with E-state index in [9.17, 15) is 13.2 Å². The molecule has 0 saturated carbocycles. The fourth-order valence-corrected chi connectivity index (χ4v) is 2.02. The van der Waals surface area contributed by atoms with Crippen LogP contribution in [0, 0.1) is 6.92 Å². The van der Waals surface area contributed by atoms with E-state index in [-0.39, 0.29) is 10.8 Å². The summed E-state index contributed by atoms with van der Waals surface area (Å²) in [5.74, 6) is 0. The molecule has 0 spiro atoms. The van der Waals surface area contributed by atoms with Crippen molar-refractivity contribution in [2.45, 2.75) is 13.1 Å². The van der Waals surface area contributed by atoms with Crippen LogP contribution in [-0.2, 0) is 6.18 Å². The van der Waals surface area contributed by atoms with Gasteiger partial charge in [-0.15, -0.1) is 0 Å². The maximum Gasteiger partial charge on any atom is 0.416 e. The Morgan fingerprint density at radius 3 is 2.27 bits per heavy atom. The molecule has 0 bridgehead atoms. The molecule has 0 amide bonds. The second-order valence-corrected chi connectivity index (χ2v) is 5.14. The molecule has 0 atom stereocenters. The van der Waals surface area contributed by atoms with Gasteiger partial charge in [0.05, 0.1) is 5.56 Å². The number of thiocarbonyl (C=S) groups is 1. The molecule has 0 aliphatic carbocycles. The monoisotopic (exact) mass is 325 g/mol. The lowest BCUT2D eigenvalue weighted by Gasteiger charge is -2.13. The zero-order valence-corrected chi connectivity index (χ0v) is 12.5. The van der Waals surface area contributed by atoms with Crippen molar-refractivity contribution in [2.24, 2.45) is 0 Å². The van der Waals surface area contributed by atoms with Crippen molar-refractivity contribution in [1.29, 1.82) is 0 Å². The summed E-state index contributed by atoms with van der Waals surface area (Å²) >= 11 is 5.09. The van der Waals surface area contributed by atoms with Gasteiger partial charge in [0.25, 0.3) is 0 Å². The molecule has 116 valence electrons. The number of nitrogens with two attached hydrogens (primary N) is 1. The summed E-state index contributed by atoms with van der Waals surface area (Å²) in [6.07, 6.45) is -4.39. The molecule has 2 aromatic rings. The van der Waals surface area contributed by atoms with E-state index in [4.69, 9.17) is 18.0 Å². The van der Waals surface area contributed by atoms with E-state index in [1.165, 1.54) is 12.1 Å². The maximum absolute atomic E-state index is 12.6. The lowest BCUT2D eigenvalue weighted by molar-refractivity contribution is -0.137. The van der Waals surface area contributed by atoms with E-state index in [1.807, 2.05) is 13.0 Å². The van der Waals surface area contributed by atoms with Crippen LogP contribution in [0.4, 0.5) is 30.2 Å². The second-order valence-electron chi connectivity index (χ2n) is 4.73. The molecule has 7 heteroatoms. The third-order valence-electron chi connectivity index (χ3n) is 2.98. The van der Waals surface area contributed by atoms with Gasteiger partial charge in [0.1, 0.15) is 0 Å². The largest absolute Gasteiger partial charge is 0.416 e. The number of halogens is 3. The molecule has 0 aliphatic heterocycles. The van der Waals surface area contributed by atoms with Crippen LogP contribution < -0.4 is 16.4 Å². The summed E-state index contributed by atoms with van der Waals surface area (Å²) in [7, 11) is 0. The number of hydrogen-bond acceptors (Lipinski definition) is 2. The highest BCUT2D eigenvalue weighted by molar-refractivity contribution is 7.80. The SMILES string of the molecule is Cc1ccc(NC(=S)Nc2cccc(C(F)(F)F)c2)cc1N. The third-order valence-corrected chi connectivity index (χ3v) is 3.19. The van der Waals surface area contributed by atoms with Gasteiger partial charge in [-0.05, 0) is 55.0 Å². The molecule has 0 radical (unpaired) electrons. The Kier molecular flexibility index (Phi) is 4.56. The summed E-state index contributed by atoms with van der Waals surface area (Å²) in [6.45, 7) is 1.87. The summed E-state index contributed by atoms with van der Waals surface area (Å²) < 4.78 is 37.9. The molecule has 4 N–H and O–H groups in total. The van der Waals surface area contributed by atoms with Crippen LogP contribution in [0.5, 0.6) is 0 Å². The quantitative estimate of drug-likeness (QED) is 0.566. The van der Waals surface area contributed by atoms with Gasteiger partial charge in [0, 0.05) is 17.1 Å². The minimum absolute atomic E-state index is 0.183. The van der Waals surface area contributed by atoms with Gasteiger partial charge in [-0.1, -0.05) is 12.1 Å². The highest BCUT2D eigenvalue weighted by atomic mass is 32.1. The number of rotatable bonds is 2. The van der Waals surface area contributed by atoms with E-state index >= 15 is 0 Å². The number of anilines is 3. The van der Waals surface area contributed by atoms with Gasteiger partial charge in [-0.25, -0.2) is 0 Å². The average Bonchev–Trinajstić information content (AvgIpc) is 2.42. The highest BCUT2D eigenvalue weighted by Gasteiger charge is 2.30. The smallest absolute Gasteiger partial charge is 0.398 e. The van der Waals surface area contributed by atoms with Crippen LogP contribution >= 0.6 is 12.2 Å². The van der Waals surface area contributed by atoms with Gasteiger partial charge >= 0.3 is 6.18 Å². The Hall–Kier alpha value is -2.28. The number of hydrogen-bond donors (Lipinski definition) is 3. The minimum Gasteiger partial charge on any atom is -0.398 e. The van der Waals surface area contributed by atoms with Crippen LogP contribution in [-0.4, -0.2) is 5.11 Å². The fraction of sp³-hybridized carbons (Fsp3) is 0.133. The van der Waals surface area contributed by atoms with E-state index in [2.05, 4.69) is 10.6 Å². The van der Waals surface area contributed by atoms with Gasteiger partial charge in [-0.2, -0.15) is 13.2 Å². The summed E-state index contributed by atoms with van der Waals surface area (Å²) in [5, 5.41) is 5.78. The van der Waals surface area contributed by atoms with Crippen molar-refractivity contribution >= 4 is 34.4 Å². The van der Waals surface area contributed by atoms with Crippen molar-refractivity contribution in [1.82, 2.24) is 0 Å². The summed E-state index contributed by atoms with van der Waals surface area (Å²) in [5.41, 5.74) is 7.50. The van der Waals surface area contributed by atoms with E-state index < -0.39 is 11.7 Å². The number of alkyl halides is 3. The Labute approximate surface area is 131 Å². The number of aryl methyl sites for hydroxylation is 1. The van der Waals surface area contributed by atoms with Crippen molar-refractivity contribution in [3.63, 3.8) is 0 Å². The molecule has 22 heavy (non-hydrogen) atoms. The number of nitrogen functional groups attached to an aromatic ring is 1. The van der Waals surface area contributed by atoms with Crippen LogP contribution in [0.3, 0.4) is 0 Å². The van der Waals surface area contributed by atoms with Crippen molar-refractivity contribution in [3.8, 4) is 0 Å². The lowest BCUT2D eigenvalue weighted by atomic mass is 10.2. The van der Waals surface area contributed by atoms with Gasteiger partial charge in [0.15, 0.2) is 5.11 Å². The average molecular weight is 325 g/mol. The first-order valence-electron chi connectivity index (χ1n) is 6.37. The van der Waals surface area contributed by atoms with Crippen LogP contribution in [0.15, 0.2) is 42.5 Å². The molecule has 3 nitrogen and oxygen atoms in total. The first kappa shape index (κ1) is 16.1. The van der Waals surface area contributed by atoms with Gasteiger partial charge in [0.2, 0.25) is 0 Å². The topological polar surface area (TPSA) is 50.1 Å². The second kappa shape index (κ2) is 6.23.